The maximum Gasteiger partial charge on any atom is 0.240 e. The number of ether oxygens (including phenoxy) is 1. The molecule has 1 aliphatic heterocycles. The molecule has 1 aliphatic carbocycles. The Morgan fingerprint density at radius 3 is 2.40 bits per heavy atom. The number of rotatable bonds is 5. The molecule has 110 valence electrons. The summed E-state index contributed by atoms with van der Waals surface area (Å²) in [6.45, 7) is 2.82. The monoisotopic (exact) mass is 296 g/mol. The van der Waals surface area contributed by atoms with E-state index in [4.69, 9.17) is 4.74 Å². The van der Waals surface area contributed by atoms with Gasteiger partial charge in [0.25, 0.3) is 0 Å². The van der Waals surface area contributed by atoms with Gasteiger partial charge in [0.15, 0.2) is 0 Å². The third kappa shape index (κ3) is 3.13. The molecule has 20 heavy (non-hydrogen) atoms. The van der Waals surface area contributed by atoms with Crippen molar-refractivity contribution >= 4 is 15.7 Å². The first-order valence-electron chi connectivity index (χ1n) is 7.05. The lowest BCUT2D eigenvalue weighted by Crippen LogP contribution is -2.27. The fraction of sp³-hybridized carbons (Fsp3) is 0.571. The van der Waals surface area contributed by atoms with Crippen LogP contribution in [-0.2, 0) is 14.8 Å². The van der Waals surface area contributed by atoms with Gasteiger partial charge in [-0.05, 0) is 50.5 Å². The second-order valence-corrected chi connectivity index (χ2v) is 7.25. The molecule has 1 saturated carbocycles. The summed E-state index contributed by atoms with van der Waals surface area (Å²) in [5, 5.41) is 3.38. The van der Waals surface area contributed by atoms with Gasteiger partial charge in [0, 0.05) is 18.3 Å². The Kier molecular flexibility index (Phi) is 3.70. The van der Waals surface area contributed by atoms with Crippen molar-refractivity contribution in [2.75, 3.05) is 11.9 Å². The summed E-state index contributed by atoms with van der Waals surface area (Å²) in [6, 6.07) is 7.34. The van der Waals surface area contributed by atoms with Crippen molar-refractivity contribution < 1.29 is 13.2 Å². The van der Waals surface area contributed by atoms with Crippen molar-refractivity contribution in [3.05, 3.63) is 24.3 Å². The van der Waals surface area contributed by atoms with E-state index >= 15 is 0 Å². The maximum atomic E-state index is 12.0. The lowest BCUT2D eigenvalue weighted by molar-refractivity contribution is 0.121. The van der Waals surface area contributed by atoms with Crippen LogP contribution >= 0.6 is 0 Å². The Labute approximate surface area is 119 Å². The molecule has 0 amide bonds. The lowest BCUT2D eigenvalue weighted by atomic mass is 10.1. The van der Waals surface area contributed by atoms with Gasteiger partial charge in [0.2, 0.25) is 10.0 Å². The van der Waals surface area contributed by atoms with E-state index in [1.807, 2.05) is 19.1 Å². The van der Waals surface area contributed by atoms with Gasteiger partial charge in [-0.3, -0.25) is 0 Å². The largest absolute Gasteiger partial charge is 0.380 e. The van der Waals surface area contributed by atoms with Crippen LogP contribution in [0.15, 0.2) is 29.2 Å². The number of hydrogen-bond acceptors (Lipinski definition) is 4. The summed E-state index contributed by atoms with van der Waals surface area (Å²) in [5.74, 6) is 0. The highest BCUT2D eigenvalue weighted by Gasteiger charge is 2.28. The van der Waals surface area contributed by atoms with Crippen molar-refractivity contribution in [1.82, 2.24) is 4.72 Å². The predicted octanol–water partition coefficient (Wildman–Crippen LogP) is 1.72. The topological polar surface area (TPSA) is 67.4 Å². The SMILES string of the molecule is CC1OCCC1Nc1ccc(S(=O)(=O)NC2CC2)cc1. The molecule has 6 heteroatoms. The average Bonchev–Trinajstić information content (AvgIpc) is 3.12. The zero-order chi connectivity index (χ0) is 14.2. The van der Waals surface area contributed by atoms with Gasteiger partial charge in [-0.15, -0.1) is 0 Å². The average molecular weight is 296 g/mol. The quantitative estimate of drug-likeness (QED) is 0.868. The van der Waals surface area contributed by atoms with Crippen molar-refractivity contribution in [3.8, 4) is 0 Å². The maximum absolute atomic E-state index is 12.0. The Balaban J connectivity index is 1.67. The summed E-state index contributed by atoms with van der Waals surface area (Å²) < 4.78 is 32.3. The third-order valence-corrected chi connectivity index (χ3v) is 5.33. The fourth-order valence-corrected chi connectivity index (χ4v) is 3.66. The smallest absolute Gasteiger partial charge is 0.240 e. The molecular formula is C14H20N2O3S. The number of anilines is 1. The summed E-state index contributed by atoms with van der Waals surface area (Å²) >= 11 is 0. The number of hydrogen-bond donors (Lipinski definition) is 2. The molecule has 0 spiro atoms. The van der Waals surface area contributed by atoms with Crippen LogP contribution in [0.1, 0.15) is 26.2 Å². The van der Waals surface area contributed by atoms with Gasteiger partial charge in [-0.2, -0.15) is 0 Å². The van der Waals surface area contributed by atoms with E-state index in [1.54, 1.807) is 12.1 Å². The van der Waals surface area contributed by atoms with Crippen molar-refractivity contribution in [1.29, 1.82) is 0 Å². The first-order valence-corrected chi connectivity index (χ1v) is 8.53. The Morgan fingerprint density at radius 1 is 1.15 bits per heavy atom. The van der Waals surface area contributed by atoms with Gasteiger partial charge >= 0.3 is 0 Å². The lowest BCUT2D eigenvalue weighted by Gasteiger charge is -2.17. The van der Waals surface area contributed by atoms with E-state index in [-0.39, 0.29) is 12.1 Å². The third-order valence-electron chi connectivity index (χ3n) is 3.79. The van der Waals surface area contributed by atoms with E-state index in [0.29, 0.717) is 10.9 Å². The van der Waals surface area contributed by atoms with E-state index in [1.165, 1.54) is 0 Å². The standard InChI is InChI=1S/C14H20N2O3S/c1-10-14(8-9-19-10)15-11-4-6-13(7-5-11)20(17,18)16-12-2-3-12/h4-7,10,12,14-16H,2-3,8-9H2,1H3. The molecule has 2 N–H and O–H groups in total. The van der Waals surface area contributed by atoms with Crippen LogP contribution in [0.25, 0.3) is 0 Å². The van der Waals surface area contributed by atoms with Crippen LogP contribution < -0.4 is 10.0 Å². The molecule has 2 fully saturated rings. The highest BCUT2D eigenvalue weighted by atomic mass is 32.2. The van der Waals surface area contributed by atoms with Gasteiger partial charge in [-0.25, -0.2) is 13.1 Å². The van der Waals surface area contributed by atoms with E-state index < -0.39 is 10.0 Å². The summed E-state index contributed by atoms with van der Waals surface area (Å²) in [6.07, 6.45) is 3.05. The second kappa shape index (κ2) is 5.35. The Morgan fingerprint density at radius 2 is 1.85 bits per heavy atom. The first kappa shape index (κ1) is 13.9. The minimum absolute atomic E-state index is 0.134. The van der Waals surface area contributed by atoms with Gasteiger partial charge in [0.1, 0.15) is 0 Å². The van der Waals surface area contributed by atoms with E-state index in [0.717, 1.165) is 31.6 Å². The fourth-order valence-electron chi connectivity index (χ4n) is 2.35. The summed E-state index contributed by atoms with van der Waals surface area (Å²) in [7, 11) is -3.35. The zero-order valence-electron chi connectivity index (χ0n) is 11.5. The van der Waals surface area contributed by atoms with Crippen LogP contribution in [0.5, 0.6) is 0 Å². The summed E-state index contributed by atoms with van der Waals surface area (Å²) in [4.78, 5) is 0.325. The number of sulfonamides is 1. The van der Waals surface area contributed by atoms with E-state index in [9.17, 15) is 8.42 Å². The van der Waals surface area contributed by atoms with Crippen LogP contribution in [0.4, 0.5) is 5.69 Å². The van der Waals surface area contributed by atoms with Crippen LogP contribution in [0.2, 0.25) is 0 Å². The molecule has 1 aromatic rings. The molecule has 1 heterocycles. The first-order chi connectivity index (χ1) is 9.54. The van der Waals surface area contributed by atoms with E-state index in [2.05, 4.69) is 10.0 Å². The highest BCUT2D eigenvalue weighted by molar-refractivity contribution is 7.89. The normalized spacial score (nSPS) is 26.6. The molecule has 0 aromatic heterocycles. The highest BCUT2D eigenvalue weighted by Crippen LogP contribution is 2.24. The molecular weight excluding hydrogens is 276 g/mol. The number of benzene rings is 1. The van der Waals surface area contributed by atoms with Crippen molar-refractivity contribution in [2.24, 2.45) is 0 Å². The molecule has 2 atom stereocenters. The molecule has 1 aromatic carbocycles. The Bertz CT molecular complexity index is 567. The molecule has 2 unspecified atom stereocenters. The summed E-state index contributed by atoms with van der Waals surface area (Å²) in [5.41, 5.74) is 0.928. The molecule has 3 rings (SSSR count). The predicted molar refractivity (Wildman–Crippen MR) is 77.2 cm³/mol. The van der Waals surface area contributed by atoms with Gasteiger partial charge in [0.05, 0.1) is 17.0 Å². The second-order valence-electron chi connectivity index (χ2n) is 5.54. The van der Waals surface area contributed by atoms with Crippen molar-refractivity contribution in [3.63, 3.8) is 0 Å². The molecule has 0 radical (unpaired) electrons. The molecule has 1 saturated heterocycles. The zero-order valence-corrected chi connectivity index (χ0v) is 12.3. The van der Waals surface area contributed by atoms with Crippen molar-refractivity contribution in [2.45, 2.75) is 49.3 Å². The number of nitrogens with one attached hydrogen (secondary N) is 2. The van der Waals surface area contributed by atoms with Gasteiger partial charge in [-0.1, -0.05) is 0 Å². The molecule has 0 bridgehead atoms. The molecule has 5 nitrogen and oxygen atoms in total. The minimum atomic E-state index is -3.35. The minimum Gasteiger partial charge on any atom is -0.380 e. The van der Waals surface area contributed by atoms with Gasteiger partial charge < -0.3 is 10.1 Å². The molecule has 2 aliphatic rings. The van der Waals surface area contributed by atoms with Crippen LogP contribution in [0.3, 0.4) is 0 Å². The van der Waals surface area contributed by atoms with Crippen LogP contribution in [-0.4, -0.2) is 33.2 Å². The van der Waals surface area contributed by atoms with Crippen LogP contribution in [0, 0.1) is 0 Å². The Hall–Kier alpha value is -1.11.